The summed E-state index contributed by atoms with van der Waals surface area (Å²) >= 11 is 1.41. The largest absolute Gasteiger partial charge is 0.497 e. The Morgan fingerprint density at radius 2 is 1.88 bits per heavy atom. The van der Waals surface area contributed by atoms with Crippen LogP contribution in [-0.2, 0) is 11.2 Å². The van der Waals surface area contributed by atoms with Crippen LogP contribution in [0.5, 0.6) is 5.75 Å². The molecule has 4 aromatic rings. The number of aryl methyl sites for hydroxylation is 2. The van der Waals surface area contributed by atoms with Gasteiger partial charge in [-0.25, -0.2) is 4.79 Å². The van der Waals surface area contributed by atoms with Gasteiger partial charge in [-0.15, -0.1) is 16.5 Å². The number of H-pyrrole nitrogens is 1. The fourth-order valence-corrected chi connectivity index (χ4v) is 6.33. The van der Waals surface area contributed by atoms with Crippen LogP contribution in [0, 0.1) is 6.92 Å². The zero-order valence-electron chi connectivity index (χ0n) is 22.3. The van der Waals surface area contributed by atoms with Crippen molar-refractivity contribution in [2.75, 3.05) is 24.8 Å². The molecule has 1 unspecified atom stereocenters. The van der Waals surface area contributed by atoms with Gasteiger partial charge < -0.3 is 20.5 Å². The number of thiophene rings is 1. The minimum atomic E-state index is -0.477. The molecule has 0 saturated carbocycles. The summed E-state index contributed by atoms with van der Waals surface area (Å²) in [4.78, 5) is 27.4. The molecule has 204 valence electrons. The average molecular weight is 557 g/mol. The predicted molar refractivity (Wildman–Crippen MR) is 155 cm³/mol. The number of rotatable bonds is 6. The summed E-state index contributed by atoms with van der Waals surface area (Å²) in [5, 5.41) is 15.5. The minimum absolute atomic E-state index is 0.173. The zero-order valence-corrected chi connectivity index (χ0v) is 23.1. The normalized spacial score (nSPS) is 15.8. The van der Waals surface area contributed by atoms with Crippen LogP contribution in [0.2, 0.25) is 0 Å². The van der Waals surface area contributed by atoms with Gasteiger partial charge in [0.15, 0.2) is 11.5 Å². The third-order valence-corrected chi connectivity index (χ3v) is 8.20. The first-order valence-electron chi connectivity index (χ1n) is 12.9. The van der Waals surface area contributed by atoms with E-state index < -0.39 is 12.0 Å². The number of hydrogen-bond donors (Lipinski definition) is 3. The lowest BCUT2D eigenvalue weighted by Crippen LogP contribution is -2.28. The van der Waals surface area contributed by atoms with E-state index in [-0.39, 0.29) is 17.9 Å². The minimum Gasteiger partial charge on any atom is -0.497 e. The molecule has 3 heterocycles. The number of methoxy groups -OCH3 is 1. The van der Waals surface area contributed by atoms with Gasteiger partial charge in [-0.05, 0) is 56.5 Å². The lowest BCUT2D eigenvalue weighted by atomic mass is 9.83. The summed E-state index contributed by atoms with van der Waals surface area (Å²) in [6.45, 7) is 4.00. The maximum absolute atomic E-state index is 13.3. The molecule has 0 radical (unpaired) electrons. The van der Waals surface area contributed by atoms with Gasteiger partial charge in [0.05, 0.1) is 19.4 Å². The Kier molecular flexibility index (Phi) is 6.51. The molecule has 1 aliphatic carbocycles. The molecule has 0 spiro atoms. The van der Waals surface area contributed by atoms with Crippen molar-refractivity contribution in [3.05, 3.63) is 91.7 Å². The number of esters is 1. The molecule has 2 aromatic carbocycles. The summed E-state index contributed by atoms with van der Waals surface area (Å²) in [5.41, 5.74) is 11.7. The number of hydrogen-bond acceptors (Lipinski definition) is 9. The second-order valence-corrected chi connectivity index (χ2v) is 10.7. The van der Waals surface area contributed by atoms with Gasteiger partial charge in [-0.1, -0.05) is 29.8 Å². The first-order valence-corrected chi connectivity index (χ1v) is 13.8. The van der Waals surface area contributed by atoms with E-state index in [1.807, 2.05) is 55.5 Å². The summed E-state index contributed by atoms with van der Waals surface area (Å²) < 4.78 is 12.5. The van der Waals surface area contributed by atoms with Crippen molar-refractivity contribution in [2.45, 2.75) is 32.7 Å². The summed E-state index contributed by atoms with van der Waals surface area (Å²) in [6.07, 6.45) is 1.37. The summed E-state index contributed by atoms with van der Waals surface area (Å²) in [7, 11) is 1.61. The second kappa shape index (κ2) is 10.2. The molecule has 6 rings (SSSR count). The number of azo groups is 1. The van der Waals surface area contributed by atoms with Gasteiger partial charge in [-0.2, -0.15) is 5.11 Å². The number of anilines is 2. The van der Waals surface area contributed by atoms with E-state index in [9.17, 15) is 9.59 Å². The number of ether oxygens (including phenoxy) is 2. The van der Waals surface area contributed by atoms with E-state index in [2.05, 4.69) is 20.6 Å². The van der Waals surface area contributed by atoms with Crippen molar-refractivity contribution in [1.82, 2.24) is 9.78 Å². The Hall–Kier alpha value is -4.64. The number of nitrogen functional groups attached to an aromatic ring is 1. The standard InChI is InChI=1S/C29H28N6O4S/c1-4-39-29(37)23-22-20(40-26(23)30)14-13-19-21(22)25(16-7-11-18(38-3)12-8-16)35-27(31-19)24(28(36)34-35)33-32-17-9-5-15(2)6-10-17/h5-12,25,31H,4,13-14,30H2,1-3H3,(H,34,36). The highest BCUT2D eigenvalue weighted by atomic mass is 32.1. The lowest BCUT2D eigenvalue weighted by molar-refractivity contribution is 0.0527. The Labute approximate surface area is 234 Å². The van der Waals surface area contributed by atoms with E-state index in [0.29, 0.717) is 40.7 Å². The molecular weight excluding hydrogens is 528 g/mol. The van der Waals surface area contributed by atoms with Crippen molar-refractivity contribution in [3.63, 3.8) is 0 Å². The molecule has 0 saturated heterocycles. The lowest BCUT2D eigenvalue weighted by Gasteiger charge is -2.35. The molecule has 0 fully saturated rings. The van der Waals surface area contributed by atoms with Gasteiger partial charge in [0, 0.05) is 21.7 Å². The van der Waals surface area contributed by atoms with Crippen LogP contribution < -0.4 is 21.3 Å². The third kappa shape index (κ3) is 4.28. The van der Waals surface area contributed by atoms with Gasteiger partial charge in [0.25, 0.3) is 5.56 Å². The quantitative estimate of drug-likeness (QED) is 0.194. The number of nitrogens with one attached hydrogen (secondary N) is 2. The number of allylic oxidation sites excluding steroid dienone is 2. The van der Waals surface area contributed by atoms with Crippen molar-refractivity contribution in [1.29, 1.82) is 0 Å². The van der Waals surface area contributed by atoms with Crippen LogP contribution in [0.3, 0.4) is 0 Å². The molecular formula is C29H28N6O4S. The van der Waals surface area contributed by atoms with E-state index in [4.69, 9.17) is 15.2 Å². The fraction of sp³-hybridized carbons (Fsp3) is 0.241. The van der Waals surface area contributed by atoms with Gasteiger partial charge in [0.1, 0.15) is 22.4 Å². The van der Waals surface area contributed by atoms with E-state index in [1.54, 1.807) is 18.7 Å². The maximum atomic E-state index is 13.3. The topological polar surface area (TPSA) is 136 Å². The Bertz CT molecular complexity index is 1730. The smallest absolute Gasteiger partial charge is 0.341 e. The van der Waals surface area contributed by atoms with Crippen LogP contribution >= 0.6 is 11.3 Å². The second-order valence-electron chi connectivity index (χ2n) is 9.60. The number of fused-ring (bicyclic) bond motifs is 3. The number of aromatic amines is 1. The van der Waals surface area contributed by atoms with Gasteiger partial charge >= 0.3 is 5.97 Å². The number of carbonyl (C=O) groups is 1. The molecule has 1 aliphatic heterocycles. The molecule has 40 heavy (non-hydrogen) atoms. The molecule has 2 aromatic heterocycles. The first-order chi connectivity index (χ1) is 19.4. The predicted octanol–water partition coefficient (Wildman–Crippen LogP) is 6.10. The van der Waals surface area contributed by atoms with Crippen LogP contribution in [0.1, 0.15) is 51.3 Å². The molecule has 10 nitrogen and oxygen atoms in total. The van der Waals surface area contributed by atoms with Gasteiger partial charge in [0.2, 0.25) is 0 Å². The molecule has 0 bridgehead atoms. The molecule has 4 N–H and O–H groups in total. The van der Waals surface area contributed by atoms with E-state index in [0.717, 1.165) is 32.8 Å². The Morgan fingerprint density at radius 1 is 1.12 bits per heavy atom. The Morgan fingerprint density at radius 3 is 2.58 bits per heavy atom. The van der Waals surface area contributed by atoms with Crippen LogP contribution in [0.25, 0.3) is 5.57 Å². The van der Waals surface area contributed by atoms with Gasteiger partial charge in [-0.3, -0.25) is 14.6 Å². The maximum Gasteiger partial charge on any atom is 0.341 e. The summed E-state index contributed by atoms with van der Waals surface area (Å²) in [6, 6.07) is 14.7. The number of carbonyl (C=O) groups excluding carboxylic acids is 1. The van der Waals surface area contributed by atoms with E-state index >= 15 is 0 Å². The van der Waals surface area contributed by atoms with Crippen LogP contribution in [-0.4, -0.2) is 29.5 Å². The van der Waals surface area contributed by atoms with Crippen molar-refractivity contribution < 1.29 is 14.3 Å². The third-order valence-electron chi connectivity index (χ3n) is 7.12. The highest BCUT2D eigenvalue weighted by Gasteiger charge is 2.40. The number of nitrogens with two attached hydrogens (primary N) is 1. The first kappa shape index (κ1) is 25.6. The van der Waals surface area contributed by atoms with Crippen molar-refractivity contribution >= 4 is 45.1 Å². The highest BCUT2D eigenvalue weighted by molar-refractivity contribution is 7.16. The van der Waals surface area contributed by atoms with Crippen molar-refractivity contribution in [3.8, 4) is 5.75 Å². The molecule has 11 heteroatoms. The average Bonchev–Trinajstić information content (AvgIpc) is 3.46. The zero-order chi connectivity index (χ0) is 28.0. The SMILES string of the molecule is CCOC(=O)c1c(N)sc2c1C1=C(CC2)Nc2c(N=Nc3ccc(C)cc3)c(=O)[nH]n2C1c1ccc(OC)cc1. The van der Waals surface area contributed by atoms with Crippen LogP contribution in [0.4, 0.5) is 22.2 Å². The number of aromatic nitrogens is 2. The number of nitrogens with zero attached hydrogens (tertiary/aromatic N) is 3. The summed E-state index contributed by atoms with van der Waals surface area (Å²) in [5.74, 6) is 0.751. The molecule has 1 atom stereocenters. The fourth-order valence-electron chi connectivity index (χ4n) is 5.26. The Balaban J connectivity index is 1.54. The van der Waals surface area contributed by atoms with Crippen molar-refractivity contribution in [2.24, 2.45) is 10.2 Å². The molecule has 2 aliphatic rings. The monoisotopic (exact) mass is 556 g/mol. The van der Waals surface area contributed by atoms with E-state index in [1.165, 1.54) is 11.3 Å². The molecule has 0 amide bonds. The number of benzene rings is 2. The highest BCUT2D eigenvalue weighted by Crippen LogP contribution is 2.51. The van der Waals surface area contributed by atoms with Crippen LogP contribution in [0.15, 0.2) is 69.3 Å².